The normalized spacial score (nSPS) is 12.1. The molecule has 9 nitrogen and oxygen atoms in total. The second kappa shape index (κ2) is 5.52. The van der Waals surface area contributed by atoms with Gasteiger partial charge in [-0.2, -0.15) is 5.10 Å². The van der Waals surface area contributed by atoms with E-state index in [-0.39, 0.29) is 11.0 Å². The van der Waals surface area contributed by atoms with Gasteiger partial charge in [0.25, 0.3) is 5.91 Å². The third-order valence-corrected chi connectivity index (χ3v) is 3.25. The van der Waals surface area contributed by atoms with Crippen molar-refractivity contribution in [3.63, 3.8) is 0 Å². The van der Waals surface area contributed by atoms with Gasteiger partial charge in [-0.05, 0) is 6.42 Å². The van der Waals surface area contributed by atoms with Crippen molar-refractivity contribution in [1.82, 2.24) is 25.4 Å². The lowest BCUT2D eigenvalue weighted by atomic mass is 10.1. The number of nitrogens with zero attached hydrogens (tertiary/aromatic N) is 4. The van der Waals surface area contributed by atoms with Crippen molar-refractivity contribution >= 4 is 28.3 Å². The number of H-pyrrole nitrogens is 1. The summed E-state index contributed by atoms with van der Waals surface area (Å²) in [6, 6.07) is 0. The fraction of sp³-hybridized carbons (Fsp3) is 0.333. The Morgan fingerprint density at radius 1 is 1.53 bits per heavy atom. The summed E-state index contributed by atoms with van der Waals surface area (Å²) in [5.74, 6) is -2.15. The number of hydrogen-bond acceptors (Lipinski definition) is 7. The zero-order valence-electron chi connectivity index (χ0n) is 9.82. The van der Waals surface area contributed by atoms with E-state index in [4.69, 9.17) is 5.11 Å². The molecule has 3 N–H and O–H groups in total. The monoisotopic (exact) mass is 282 g/mol. The molecule has 0 radical (unpaired) electrons. The van der Waals surface area contributed by atoms with Gasteiger partial charge >= 0.3 is 5.97 Å². The lowest BCUT2D eigenvalue weighted by Gasteiger charge is -2.03. The molecule has 2 rings (SSSR count). The number of anilines is 1. The molecular formula is C9H10N6O3S. The van der Waals surface area contributed by atoms with Crippen LogP contribution in [-0.4, -0.2) is 42.4 Å². The molecule has 1 atom stereocenters. The molecule has 0 saturated carbocycles. The molecular weight excluding hydrogens is 272 g/mol. The fourth-order valence-electron chi connectivity index (χ4n) is 1.35. The summed E-state index contributed by atoms with van der Waals surface area (Å²) in [6.45, 7) is 1.74. The van der Waals surface area contributed by atoms with Crippen molar-refractivity contribution in [2.45, 2.75) is 19.3 Å². The van der Waals surface area contributed by atoms with Crippen molar-refractivity contribution in [1.29, 1.82) is 0 Å². The maximum absolute atomic E-state index is 11.6. The molecule has 0 aliphatic rings. The van der Waals surface area contributed by atoms with Gasteiger partial charge in [0.1, 0.15) is 17.3 Å². The van der Waals surface area contributed by atoms with Crippen molar-refractivity contribution in [2.24, 2.45) is 0 Å². The molecule has 0 fully saturated rings. The Labute approximate surface area is 111 Å². The topological polar surface area (TPSA) is 134 Å². The Hall–Kier alpha value is -2.36. The molecule has 0 aliphatic heterocycles. The molecule has 2 heterocycles. The lowest BCUT2D eigenvalue weighted by Crippen LogP contribution is -2.13. The number of hydrogen-bond donors (Lipinski definition) is 3. The van der Waals surface area contributed by atoms with E-state index in [9.17, 15) is 9.59 Å². The SMILES string of the molecule is CCC(C(=O)O)c1nnc(NC(=O)c2ncn[nH]2)s1. The molecule has 1 unspecified atom stereocenters. The van der Waals surface area contributed by atoms with Crippen LogP contribution in [0.1, 0.15) is 34.9 Å². The Kier molecular flexibility index (Phi) is 3.80. The molecule has 10 heteroatoms. The summed E-state index contributed by atoms with van der Waals surface area (Å²) in [5.41, 5.74) is 0. The standard InChI is InChI=1S/C9H10N6O3S/c1-2-4(8(17)18)7-14-15-9(19-7)12-6(16)5-10-3-11-13-5/h3-4H,2H2,1H3,(H,17,18)(H,10,11,13)(H,12,15,16). The van der Waals surface area contributed by atoms with Gasteiger partial charge in [-0.3, -0.25) is 20.0 Å². The summed E-state index contributed by atoms with van der Waals surface area (Å²) in [4.78, 5) is 26.3. The van der Waals surface area contributed by atoms with Crippen molar-refractivity contribution in [3.8, 4) is 0 Å². The molecule has 19 heavy (non-hydrogen) atoms. The number of nitrogens with one attached hydrogen (secondary N) is 2. The smallest absolute Gasteiger partial charge is 0.313 e. The van der Waals surface area contributed by atoms with Crippen LogP contribution in [0, 0.1) is 0 Å². The highest BCUT2D eigenvalue weighted by Gasteiger charge is 2.23. The van der Waals surface area contributed by atoms with Gasteiger partial charge in [-0.1, -0.05) is 18.3 Å². The van der Waals surface area contributed by atoms with E-state index in [0.717, 1.165) is 11.3 Å². The Balaban J connectivity index is 2.09. The number of aromatic nitrogens is 5. The Morgan fingerprint density at radius 2 is 2.32 bits per heavy atom. The van der Waals surface area contributed by atoms with Gasteiger partial charge in [-0.25, -0.2) is 4.98 Å². The Morgan fingerprint density at radius 3 is 2.89 bits per heavy atom. The average molecular weight is 282 g/mol. The van der Waals surface area contributed by atoms with Gasteiger partial charge in [0.05, 0.1) is 0 Å². The summed E-state index contributed by atoms with van der Waals surface area (Å²) in [5, 5.41) is 25.5. The number of aliphatic carboxylic acids is 1. The average Bonchev–Trinajstić information content (AvgIpc) is 3.00. The minimum atomic E-state index is -0.966. The van der Waals surface area contributed by atoms with Crippen LogP contribution in [0.4, 0.5) is 5.13 Å². The third kappa shape index (κ3) is 2.91. The minimum Gasteiger partial charge on any atom is -0.481 e. The summed E-state index contributed by atoms with van der Waals surface area (Å²) in [7, 11) is 0. The first-order chi connectivity index (χ1) is 9.11. The number of carboxylic acid groups (broad SMARTS) is 1. The van der Waals surface area contributed by atoms with Gasteiger partial charge < -0.3 is 5.11 Å². The van der Waals surface area contributed by atoms with E-state index in [1.165, 1.54) is 6.33 Å². The van der Waals surface area contributed by atoms with Crippen molar-refractivity contribution in [2.75, 3.05) is 5.32 Å². The molecule has 0 bridgehead atoms. The van der Waals surface area contributed by atoms with Crippen LogP contribution < -0.4 is 5.32 Å². The van der Waals surface area contributed by atoms with Crippen LogP contribution in [0.3, 0.4) is 0 Å². The van der Waals surface area contributed by atoms with Gasteiger partial charge in [0.15, 0.2) is 0 Å². The van der Waals surface area contributed by atoms with E-state index in [1.54, 1.807) is 6.92 Å². The zero-order valence-corrected chi connectivity index (χ0v) is 10.6. The van der Waals surface area contributed by atoms with Crippen molar-refractivity contribution < 1.29 is 14.7 Å². The van der Waals surface area contributed by atoms with Gasteiger partial charge in [-0.15, -0.1) is 10.2 Å². The van der Waals surface area contributed by atoms with E-state index in [2.05, 4.69) is 30.7 Å². The molecule has 0 spiro atoms. The first-order valence-corrected chi connectivity index (χ1v) is 6.16. The Bertz CT molecular complexity index is 581. The highest BCUT2D eigenvalue weighted by atomic mass is 32.1. The number of aromatic amines is 1. The second-order valence-electron chi connectivity index (χ2n) is 3.53. The summed E-state index contributed by atoms with van der Waals surface area (Å²) < 4.78 is 0. The zero-order chi connectivity index (χ0) is 13.8. The van der Waals surface area contributed by atoms with Crippen LogP contribution in [-0.2, 0) is 4.79 Å². The number of amides is 1. The number of rotatable bonds is 5. The largest absolute Gasteiger partial charge is 0.481 e. The maximum Gasteiger partial charge on any atom is 0.313 e. The molecule has 0 saturated heterocycles. The predicted octanol–water partition coefficient (Wildman–Crippen LogP) is 0.487. The van der Waals surface area contributed by atoms with E-state index < -0.39 is 17.8 Å². The molecule has 1 amide bonds. The van der Waals surface area contributed by atoms with E-state index in [0.29, 0.717) is 11.4 Å². The minimum absolute atomic E-state index is 0.0435. The summed E-state index contributed by atoms with van der Waals surface area (Å²) in [6.07, 6.45) is 1.61. The molecule has 100 valence electrons. The number of carbonyl (C=O) groups excluding carboxylic acids is 1. The van der Waals surface area contributed by atoms with E-state index in [1.807, 2.05) is 0 Å². The molecule has 0 aliphatic carbocycles. The van der Waals surface area contributed by atoms with Crippen LogP contribution in [0.5, 0.6) is 0 Å². The first-order valence-electron chi connectivity index (χ1n) is 5.34. The highest BCUT2D eigenvalue weighted by molar-refractivity contribution is 7.15. The first kappa shape index (κ1) is 13.1. The maximum atomic E-state index is 11.6. The van der Waals surface area contributed by atoms with Gasteiger partial charge in [0.2, 0.25) is 11.0 Å². The lowest BCUT2D eigenvalue weighted by molar-refractivity contribution is -0.138. The molecule has 2 aromatic heterocycles. The highest BCUT2D eigenvalue weighted by Crippen LogP contribution is 2.26. The van der Waals surface area contributed by atoms with E-state index >= 15 is 0 Å². The fourth-order valence-corrected chi connectivity index (χ4v) is 2.27. The van der Waals surface area contributed by atoms with Crippen LogP contribution in [0.15, 0.2) is 6.33 Å². The van der Waals surface area contributed by atoms with Crippen LogP contribution in [0.2, 0.25) is 0 Å². The van der Waals surface area contributed by atoms with Crippen molar-refractivity contribution in [3.05, 3.63) is 17.2 Å². The predicted molar refractivity (Wildman–Crippen MR) is 64.9 cm³/mol. The third-order valence-electron chi connectivity index (χ3n) is 2.30. The van der Waals surface area contributed by atoms with Crippen LogP contribution >= 0.6 is 11.3 Å². The summed E-state index contributed by atoms with van der Waals surface area (Å²) >= 11 is 1.02. The van der Waals surface area contributed by atoms with Crippen LogP contribution in [0.25, 0.3) is 0 Å². The quantitative estimate of drug-likeness (QED) is 0.726. The number of carboxylic acids is 1. The molecule has 2 aromatic rings. The number of carbonyl (C=O) groups is 2. The second-order valence-corrected chi connectivity index (χ2v) is 4.54. The van der Waals surface area contributed by atoms with Gasteiger partial charge in [0, 0.05) is 0 Å². The molecule has 0 aromatic carbocycles.